The molecular formula is C14H8F4N4OS2. The van der Waals surface area contributed by atoms with Gasteiger partial charge < -0.3 is 5.32 Å². The molecule has 1 N–H and O–H groups in total. The van der Waals surface area contributed by atoms with E-state index >= 15 is 0 Å². The second-order valence-corrected chi connectivity index (χ2v) is 6.66. The molecule has 3 aromatic rings. The molecule has 2 heterocycles. The molecule has 1 aromatic carbocycles. The van der Waals surface area contributed by atoms with E-state index in [9.17, 15) is 22.4 Å². The van der Waals surface area contributed by atoms with Crippen LogP contribution < -0.4 is 5.32 Å². The molecule has 0 atom stereocenters. The van der Waals surface area contributed by atoms with E-state index in [1.165, 1.54) is 18.2 Å². The molecule has 25 heavy (non-hydrogen) atoms. The van der Waals surface area contributed by atoms with E-state index in [1.54, 1.807) is 0 Å². The van der Waals surface area contributed by atoms with Gasteiger partial charge in [0, 0.05) is 6.20 Å². The summed E-state index contributed by atoms with van der Waals surface area (Å²) >= 11 is 1.86. The maximum atomic E-state index is 13.1. The van der Waals surface area contributed by atoms with Crippen LogP contribution in [0.4, 0.5) is 22.7 Å². The van der Waals surface area contributed by atoms with Crippen LogP contribution in [-0.4, -0.2) is 26.6 Å². The number of fused-ring (bicyclic) bond motifs is 1. The van der Waals surface area contributed by atoms with Crippen LogP contribution in [0.2, 0.25) is 0 Å². The Balaban J connectivity index is 1.62. The Labute approximate surface area is 146 Å². The largest absolute Gasteiger partial charge is 0.433 e. The van der Waals surface area contributed by atoms with E-state index < -0.39 is 23.6 Å². The Morgan fingerprint density at radius 2 is 2.04 bits per heavy atom. The van der Waals surface area contributed by atoms with Crippen molar-refractivity contribution in [3.63, 3.8) is 0 Å². The third-order valence-electron chi connectivity index (χ3n) is 2.85. The highest BCUT2D eigenvalue weighted by molar-refractivity contribution is 7.99. The van der Waals surface area contributed by atoms with Crippen molar-refractivity contribution in [2.45, 2.75) is 11.3 Å². The molecule has 0 aliphatic carbocycles. The van der Waals surface area contributed by atoms with E-state index in [0.717, 1.165) is 35.4 Å². The zero-order chi connectivity index (χ0) is 18.0. The van der Waals surface area contributed by atoms with Crippen LogP contribution in [0.3, 0.4) is 0 Å². The molecule has 2 aromatic heterocycles. The minimum atomic E-state index is -4.57. The van der Waals surface area contributed by atoms with E-state index in [1.807, 2.05) is 0 Å². The van der Waals surface area contributed by atoms with E-state index in [-0.39, 0.29) is 16.0 Å². The molecule has 5 nitrogen and oxygen atoms in total. The van der Waals surface area contributed by atoms with Gasteiger partial charge >= 0.3 is 6.18 Å². The molecule has 0 bridgehead atoms. The fourth-order valence-electron chi connectivity index (χ4n) is 1.81. The minimum absolute atomic E-state index is 0.156. The first-order valence-electron chi connectivity index (χ1n) is 6.70. The van der Waals surface area contributed by atoms with Gasteiger partial charge in [-0.1, -0.05) is 23.1 Å². The molecule has 0 aliphatic rings. The Morgan fingerprint density at radius 3 is 2.80 bits per heavy atom. The van der Waals surface area contributed by atoms with Crippen LogP contribution in [0.1, 0.15) is 5.69 Å². The van der Waals surface area contributed by atoms with Gasteiger partial charge in [0.2, 0.25) is 5.91 Å². The van der Waals surface area contributed by atoms with Gasteiger partial charge in [-0.3, -0.25) is 4.79 Å². The van der Waals surface area contributed by atoms with Crippen LogP contribution in [-0.2, 0) is 11.0 Å². The lowest BCUT2D eigenvalue weighted by Crippen LogP contribution is -2.14. The maximum Gasteiger partial charge on any atom is 0.433 e. The lowest BCUT2D eigenvalue weighted by molar-refractivity contribution is -0.141. The predicted octanol–water partition coefficient (Wildman–Crippen LogP) is 3.98. The molecule has 3 rings (SSSR count). The average Bonchev–Trinajstić information content (AvgIpc) is 2.93. The van der Waals surface area contributed by atoms with Crippen molar-refractivity contribution in [3.8, 4) is 0 Å². The summed E-state index contributed by atoms with van der Waals surface area (Å²) in [4.78, 5) is 23.1. The average molecular weight is 388 g/mol. The number of halogens is 4. The number of aromatic nitrogens is 3. The molecule has 0 fully saturated rings. The molecule has 0 radical (unpaired) electrons. The van der Waals surface area contributed by atoms with E-state index in [4.69, 9.17) is 0 Å². The second-order valence-electron chi connectivity index (χ2n) is 4.69. The fraction of sp³-hybridized carbons (Fsp3) is 0.143. The van der Waals surface area contributed by atoms with Crippen molar-refractivity contribution in [2.75, 3.05) is 11.1 Å². The Kier molecular flexibility index (Phi) is 4.86. The molecule has 0 unspecified atom stereocenters. The maximum absolute atomic E-state index is 13.1. The fourth-order valence-corrected chi connectivity index (χ4v) is 3.34. The summed E-state index contributed by atoms with van der Waals surface area (Å²) in [5.74, 6) is -1.08. The van der Waals surface area contributed by atoms with Gasteiger partial charge in [0.05, 0.1) is 16.0 Å². The van der Waals surface area contributed by atoms with Crippen molar-refractivity contribution in [1.29, 1.82) is 0 Å². The monoisotopic (exact) mass is 388 g/mol. The zero-order valence-electron chi connectivity index (χ0n) is 12.2. The summed E-state index contributed by atoms with van der Waals surface area (Å²) < 4.78 is 51.4. The summed E-state index contributed by atoms with van der Waals surface area (Å²) in [5, 5.41) is 2.63. The number of alkyl halides is 3. The number of carbonyl (C=O) groups excluding carboxylic acids is 1. The first-order chi connectivity index (χ1) is 11.8. The molecule has 130 valence electrons. The lowest BCUT2D eigenvalue weighted by Gasteiger charge is -2.06. The number of nitrogens with zero attached hydrogens (tertiary/aromatic N) is 3. The highest BCUT2D eigenvalue weighted by Crippen LogP contribution is 2.29. The number of carbonyl (C=O) groups is 1. The molecule has 0 aliphatic heterocycles. The number of anilines is 1. The second kappa shape index (κ2) is 6.92. The Hall–Kier alpha value is -2.27. The standard InChI is InChI=1S/C14H8F4N4OS2/c15-7-1-2-8-9(5-7)25-13(20-8)22-11(23)6-24-12-19-4-3-10(21-12)14(16,17)18/h1-5H,6H2,(H,20,22,23). The van der Waals surface area contributed by atoms with Crippen molar-refractivity contribution in [3.05, 3.63) is 42.0 Å². The molecule has 0 spiro atoms. The first kappa shape index (κ1) is 17.5. The molecule has 0 saturated heterocycles. The van der Waals surface area contributed by atoms with Crippen molar-refractivity contribution >= 4 is 44.4 Å². The van der Waals surface area contributed by atoms with Crippen LogP contribution in [0.15, 0.2) is 35.6 Å². The number of amides is 1. The van der Waals surface area contributed by atoms with E-state index in [2.05, 4.69) is 20.3 Å². The van der Waals surface area contributed by atoms with Gasteiger partial charge in [-0.25, -0.2) is 19.3 Å². The highest BCUT2D eigenvalue weighted by Gasteiger charge is 2.32. The third-order valence-corrected chi connectivity index (χ3v) is 4.65. The van der Waals surface area contributed by atoms with Crippen LogP contribution in [0.5, 0.6) is 0 Å². The normalized spacial score (nSPS) is 11.7. The number of benzene rings is 1. The summed E-state index contributed by atoms with van der Waals surface area (Å²) in [6.45, 7) is 0. The smallest absolute Gasteiger partial charge is 0.301 e. The topological polar surface area (TPSA) is 67.8 Å². The highest BCUT2D eigenvalue weighted by atomic mass is 32.2. The Bertz CT molecular complexity index is 929. The number of thiazole rings is 1. The summed E-state index contributed by atoms with van der Waals surface area (Å²) in [6, 6.07) is 4.80. The third kappa shape index (κ3) is 4.42. The summed E-state index contributed by atoms with van der Waals surface area (Å²) in [6.07, 6.45) is -3.59. The Morgan fingerprint density at radius 1 is 1.24 bits per heavy atom. The van der Waals surface area contributed by atoms with Gasteiger partial charge in [-0.15, -0.1) is 0 Å². The number of nitrogens with one attached hydrogen (secondary N) is 1. The first-order valence-corrected chi connectivity index (χ1v) is 8.50. The molecule has 11 heteroatoms. The summed E-state index contributed by atoms with van der Waals surface area (Å²) in [5.41, 5.74) is -0.533. The van der Waals surface area contributed by atoms with Crippen LogP contribution >= 0.6 is 23.1 Å². The number of hydrogen-bond donors (Lipinski definition) is 1. The minimum Gasteiger partial charge on any atom is -0.301 e. The zero-order valence-corrected chi connectivity index (χ0v) is 13.8. The number of hydrogen-bond acceptors (Lipinski definition) is 6. The molecule has 1 amide bonds. The SMILES string of the molecule is O=C(CSc1nccc(C(F)(F)F)n1)Nc1nc2ccc(F)cc2s1. The van der Waals surface area contributed by atoms with Crippen LogP contribution in [0, 0.1) is 5.82 Å². The number of thioether (sulfide) groups is 1. The van der Waals surface area contributed by atoms with Gasteiger partial charge in [0.15, 0.2) is 10.3 Å². The van der Waals surface area contributed by atoms with Crippen molar-refractivity contribution in [1.82, 2.24) is 15.0 Å². The van der Waals surface area contributed by atoms with Gasteiger partial charge in [0.1, 0.15) is 11.5 Å². The molecular weight excluding hydrogens is 380 g/mol. The molecule has 0 saturated carbocycles. The van der Waals surface area contributed by atoms with Gasteiger partial charge in [-0.05, 0) is 24.3 Å². The summed E-state index contributed by atoms with van der Waals surface area (Å²) in [7, 11) is 0. The van der Waals surface area contributed by atoms with Gasteiger partial charge in [0.25, 0.3) is 0 Å². The van der Waals surface area contributed by atoms with E-state index in [0.29, 0.717) is 10.2 Å². The van der Waals surface area contributed by atoms with Crippen molar-refractivity contribution in [2.24, 2.45) is 0 Å². The quantitative estimate of drug-likeness (QED) is 0.416. The van der Waals surface area contributed by atoms with Crippen molar-refractivity contribution < 1.29 is 22.4 Å². The van der Waals surface area contributed by atoms with Gasteiger partial charge in [-0.2, -0.15) is 13.2 Å². The lowest BCUT2D eigenvalue weighted by atomic mass is 10.3. The number of rotatable bonds is 4. The van der Waals surface area contributed by atoms with Crippen LogP contribution in [0.25, 0.3) is 10.2 Å². The predicted molar refractivity (Wildman–Crippen MR) is 86.0 cm³/mol.